The minimum Gasteiger partial charge on any atom is -0.376 e. The van der Waals surface area contributed by atoms with Crippen LogP contribution in [0.5, 0.6) is 0 Å². The Balaban J connectivity index is 2.19. The maximum absolute atomic E-state index is 11.9. The second-order valence-electron chi connectivity index (χ2n) is 4.27. The van der Waals surface area contributed by atoms with Crippen LogP contribution in [0.4, 0.5) is 13.2 Å². The Morgan fingerprint density at radius 2 is 2.06 bits per heavy atom. The van der Waals surface area contributed by atoms with Crippen molar-refractivity contribution in [3.05, 3.63) is 0 Å². The smallest absolute Gasteiger partial charge is 0.376 e. The van der Waals surface area contributed by atoms with E-state index >= 15 is 0 Å². The van der Waals surface area contributed by atoms with E-state index in [-0.39, 0.29) is 18.8 Å². The second kappa shape index (κ2) is 6.45. The number of hydrogen-bond donors (Lipinski definition) is 1. The molecule has 96 valence electrons. The molecule has 0 saturated heterocycles. The third kappa shape index (κ3) is 5.16. The summed E-state index contributed by atoms with van der Waals surface area (Å²) < 4.78 is 41.1. The third-order valence-corrected chi connectivity index (χ3v) is 2.83. The fraction of sp³-hybridized carbons (Fsp3) is 1.00. The van der Waals surface area contributed by atoms with Crippen molar-refractivity contribution in [2.45, 2.75) is 57.3 Å². The molecule has 2 nitrogen and oxygen atoms in total. The molecule has 16 heavy (non-hydrogen) atoms. The molecule has 0 spiro atoms. The van der Waals surface area contributed by atoms with Gasteiger partial charge in [0, 0.05) is 6.04 Å². The highest BCUT2D eigenvalue weighted by atomic mass is 19.4. The lowest BCUT2D eigenvalue weighted by atomic mass is 10.2. The Labute approximate surface area is 94.5 Å². The molecule has 1 fully saturated rings. The zero-order valence-electron chi connectivity index (χ0n) is 9.65. The Morgan fingerprint density at radius 1 is 1.31 bits per heavy atom. The van der Waals surface area contributed by atoms with Crippen LogP contribution in [0.15, 0.2) is 0 Å². The van der Waals surface area contributed by atoms with Crippen molar-refractivity contribution in [3.63, 3.8) is 0 Å². The van der Waals surface area contributed by atoms with Crippen molar-refractivity contribution in [1.29, 1.82) is 0 Å². The van der Waals surface area contributed by atoms with E-state index < -0.39 is 12.6 Å². The molecule has 1 rings (SSSR count). The highest BCUT2D eigenvalue weighted by Gasteiger charge is 2.30. The van der Waals surface area contributed by atoms with Gasteiger partial charge in [0.2, 0.25) is 0 Å². The van der Waals surface area contributed by atoms with E-state index in [1.165, 1.54) is 0 Å². The lowest BCUT2D eigenvalue weighted by molar-refractivity contribution is -0.149. The largest absolute Gasteiger partial charge is 0.391 e. The van der Waals surface area contributed by atoms with Gasteiger partial charge in [0.25, 0.3) is 0 Å². The summed E-state index contributed by atoms with van der Waals surface area (Å²) in [5.74, 6) is 0. The molecule has 1 saturated carbocycles. The van der Waals surface area contributed by atoms with Gasteiger partial charge in [-0.05, 0) is 32.2 Å². The fourth-order valence-corrected chi connectivity index (χ4v) is 2.01. The van der Waals surface area contributed by atoms with Gasteiger partial charge in [0.15, 0.2) is 0 Å². The van der Waals surface area contributed by atoms with E-state index in [9.17, 15) is 13.2 Å². The molecule has 0 amide bonds. The fourth-order valence-electron chi connectivity index (χ4n) is 2.01. The minimum atomic E-state index is -4.11. The van der Waals surface area contributed by atoms with E-state index in [0.29, 0.717) is 0 Å². The summed E-state index contributed by atoms with van der Waals surface area (Å²) in [6.07, 6.45) is -1.02. The van der Waals surface area contributed by atoms with Crippen LogP contribution in [0.2, 0.25) is 0 Å². The number of alkyl halides is 3. The number of ether oxygens (including phenoxy) is 1. The molecule has 0 aliphatic heterocycles. The lowest BCUT2D eigenvalue weighted by Crippen LogP contribution is -2.38. The first-order valence-corrected chi connectivity index (χ1v) is 5.94. The number of nitrogens with one attached hydrogen (secondary N) is 1. The summed E-state index contributed by atoms with van der Waals surface area (Å²) in [4.78, 5) is 0. The normalized spacial score (nSPS) is 26.2. The van der Waals surface area contributed by atoms with Gasteiger partial charge in [0.1, 0.15) is 0 Å². The van der Waals surface area contributed by atoms with Crippen molar-refractivity contribution in [3.8, 4) is 0 Å². The molecule has 2 atom stereocenters. The van der Waals surface area contributed by atoms with Crippen molar-refractivity contribution in [2.75, 3.05) is 13.2 Å². The summed E-state index contributed by atoms with van der Waals surface area (Å²) in [6, 6.07) is 0.244. The average molecular weight is 239 g/mol. The first-order chi connectivity index (χ1) is 7.53. The monoisotopic (exact) mass is 239 g/mol. The number of halogens is 3. The molecule has 0 aromatic heterocycles. The summed E-state index contributed by atoms with van der Waals surface area (Å²) in [7, 11) is 0. The van der Waals surface area contributed by atoms with E-state index in [1.54, 1.807) is 0 Å². The molecular weight excluding hydrogens is 219 g/mol. The maximum atomic E-state index is 11.9. The van der Waals surface area contributed by atoms with Crippen LogP contribution in [-0.2, 0) is 4.74 Å². The topological polar surface area (TPSA) is 21.3 Å². The summed E-state index contributed by atoms with van der Waals surface area (Å²) >= 11 is 0. The van der Waals surface area contributed by atoms with Gasteiger partial charge in [-0.15, -0.1) is 0 Å². The molecule has 1 N–H and O–H groups in total. The van der Waals surface area contributed by atoms with E-state index in [0.717, 1.165) is 32.2 Å². The van der Waals surface area contributed by atoms with E-state index in [2.05, 4.69) is 12.2 Å². The lowest BCUT2D eigenvalue weighted by Gasteiger charge is -2.21. The maximum Gasteiger partial charge on any atom is 0.391 e. The van der Waals surface area contributed by atoms with Crippen LogP contribution in [0.1, 0.15) is 39.0 Å². The van der Waals surface area contributed by atoms with Crippen molar-refractivity contribution < 1.29 is 17.9 Å². The number of rotatable bonds is 6. The first kappa shape index (κ1) is 13.8. The molecule has 0 bridgehead atoms. The van der Waals surface area contributed by atoms with Crippen LogP contribution in [0.3, 0.4) is 0 Å². The molecule has 0 aromatic carbocycles. The molecular formula is C11H20F3NO. The Hall–Kier alpha value is -0.290. The van der Waals surface area contributed by atoms with Gasteiger partial charge in [-0.1, -0.05) is 6.92 Å². The first-order valence-electron chi connectivity index (χ1n) is 5.94. The Bertz CT molecular complexity index is 196. The highest BCUT2D eigenvalue weighted by Crippen LogP contribution is 2.24. The molecule has 2 unspecified atom stereocenters. The third-order valence-electron chi connectivity index (χ3n) is 2.83. The van der Waals surface area contributed by atoms with Crippen LogP contribution in [0.25, 0.3) is 0 Å². The van der Waals surface area contributed by atoms with Crippen LogP contribution < -0.4 is 5.32 Å². The quantitative estimate of drug-likeness (QED) is 0.769. The molecule has 0 aromatic rings. The predicted octanol–water partition coefficient (Wildman–Crippen LogP) is 2.88. The zero-order valence-corrected chi connectivity index (χ0v) is 9.65. The summed E-state index contributed by atoms with van der Waals surface area (Å²) in [6.45, 7) is 2.77. The summed E-state index contributed by atoms with van der Waals surface area (Å²) in [5, 5.41) is 3.32. The molecule has 1 aliphatic rings. The SMILES string of the molecule is CCCNC1CCCC1OCCC(F)(F)F. The van der Waals surface area contributed by atoms with E-state index in [1.807, 2.05) is 0 Å². The van der Waals surface area contributed by atoms with Gasteiger partial charge >= 0.3 is 6.18 Å². The number of hydrogen-bond acceptors (Lipinski definition) is 2. The summed E-state index contributed by atoms with van der Waals surface area (Å²) in [5.41, 5.74) is 0. The zero-order chi connectivity index (χ0) is 12.0. The van der Waals surface area contributed by atoms with Crippen LogP contribution in [-0.4, -0.2) is 31.5 Å². The van der Waals surface area contributed by atoms with Gasteiger partial charge < -0.3 is 10.1 Å². The van der Waals surface area contributed by atoms with Crippen molar-refractivity contribution in [1.82, 2.24) is 5.32 Å². The van der Waals surface area contributed by atoms with Gasteiger partial charge in [0.05, 0.1) is 19.1 Å². The van der Waals surface area contributed by atoms with Gasteiger partial charge in [-0.2, -0.15) is 13.2 Å². The van der Waals surface area contributed by atoms with Gasteiger partial charge in [-0.25, -0.2) is 0 Å². The minimum absolute atomic E-state index is 0.0334. The molecule has 5 heteroatoms. The standard InChI is InChI=1S/C11H20F3NO/c1-2-7-15-9-4-3-5-10(9)16-8-6-11(12,13)14/h9-10,15H,2-8H2,1H3. The van der Waals surface area contributed by atoms with Crippen LogP contribution >= 0.6 is 0 Å². The second-order valence-corrected chi connectivity index (χ2v) is 4.27. The Kier molecular flexibility index (Phi) is 5.55. The predicted molar refractivity (Wildman–Crippen MR) is 56.3 cm³/mol. The average Bonchev–Trinajstić information content (AvgIpc) is 2.60. The molecule has 0 heterocycles. The van der Waals surface area contributed by atoms with Crippen molar-refractivity contribution >= 4 is 0 Å². The van der Waals surface area contributed by atoms with Crippen molar-refractivity contribution in [2.24, 2.45) is 0 Å². The molecule has 0 radical (unpaired) electrons. The van der Waals surface area contributed by atoms with Gasteiger partial charge in [-0.3, -0.25) is 0 Å². The highest BCUT2D eigenvalue weighted by molar-refractivity contribution is 4.83. The molecule has 1 aliphatic carbocycles. The van der Waals surface area contributed by atoms with Crippen LogP contribution in [0, 0.1) is 0 Å². The Morgan fingerprint density at radius 3 is 2.69 bits per heavy atom. The van der Waals surface area contributed by atoms with E-state index in [4.69, 9.17) is 4.74 Å².